The number of nitrogens with zero attached hydrogens (tertiary/aromatic N) is 1. The topological polar surface area (TPSA) is 88.5 Å². The Morgan fingerprint density at radius 3 is 2.50 bits per heavy atom. The number of aromatic nitrogens is 1. The zero-order valence-corrected chi connectivity index (χ0v) is 19.9. The van der Waals surface area contributed by atoms with Gasteiger partial charge in [-0.2, -0.15) is 0 Å². The minimum absolute atomic E-state index is 0.00706. The number of amides is 1. The van der Waals surface area contributed by atoms with Gasteiger partial charge in [0.2, 0.25) is 0 Å². The molecule has 0 fully saturated rings. The summed E-state index contributed by atoms with van der Waals surface area (Å²) in [6.45, 7) is 9.27. The molecule has 2 aromatic rings. The molecule has 2 N–H and O–H groups in total. The first-order valence-corrected chi connectivity index (χ1v) is 11.5. The lowest BCUT2D eigenvalue weighted by Gasteiger charge is -2.25. The van der Waals surface area contributed by atoms with Crippen molar-refractivity contribution in [2.45, 2.75) is 78.9 Å². The fourth-order valence-electron chi connectivity index (χ4n) is 3.69. The Labute approximate surface area is 191 Å². The van der Waals surface area contributed by atoms with Crippen LogP contribution in [0.2, 0.25) is 0 Å². The van der Waals surface area contributed by atoms with Crippen LogP contribution in [0.4, 0.5) is 0 Å². The molecule has 2 rings (SSSR count). The van der Waals surface area contributed by atoms with Crippen LogP contribution >= 0.6 is 0 Å². The maximum Gasteiger partial charge on any atom is 0.261 e. The Hall–Kier alpha value is -2.89. The van der Waals surface area contributed by atoms with E-state index >= 15 is 0 Å². The molecule has 1 heterocycles. The third-order valence-electron chi connectivity index (χ3n) is 5.45. The minimum atomic E-state index is -0.700. The van der Waals surface area contributed by atoms with E-state index in [2.05, 4.69) is 16.4 Å². The lowest BCUT2D eigenvalue weighted by molar-refractivity contribution is -0.130. The molecule has 1 aromatic heterocycles. The Bertz CT molecular complexity index is 896. The van der Waals surface area contributed by atoms with Crippen molar-refractivity contribution >= 4 is 11.7 Å². The number of benzene rings is 1. The van der Waals surface area contributed by atoms with Crippen LogP contribution in [-0.4, -0.2) is 33.9 Å². The van der Waals surface area contributed by atoms with Crippen molar-refractivity contribution in [3.8, 4) is 11.5 Å². The average molecular weight is 441 g/mol. The summed E-state index contributed by atoms with van der Waals surface area (Å²) in [5.41, 5.74) is 2.03. The lowest BCUT2D eigenvalue weighted by Crippen LogP contribution is -2.45. The van der Waals surface area contributed by atoms with E-state index in [0.29, 0.717) is 17.7 Å². The average Bonchev–Trinajstić information content (AvgIpc) is 2.74. The fraction of sp³-hybridized carbons (Fsp3) is 0.500. The van der Waals surface area contributed by atoms with Gasteiger partial charge in [-0.05, 0) is 69.2 Å². The first-order chi connectivity index (χ1) is 15.2. The van der Waals surface area contributed by atoms with Crippen molar-refractivity contribution in [3.63, 3.8) is 0 Å². The highest BCUT2D eigenvalue weighted by Crippen LogP contribution is 2.34. The normalized spacial score (nSPS) is 12.9. The van der Waals surface area contributed by atoms with E-state index in [9.17, 15) is 14.7 Å². The van der Waals surface area contributed by atoms with Crippen LogP contribution in [-0.2, 0) is 17.6 Å². The molecule has 1 amide bonds. The van der Waals surface area contributed by atoms with Crippen molar-refractivity contribution < 1.29 is 19.4 Å². The maximum atomic E-state index is 13.0. The van der Waals surface area contributed by atoms with Crippen molar-refractivity contribution in [2.75, 3.05) is 0 Å². The first kappa shape index (κ1) is 25.4. The third kappa shape index (κ3) is 7.08. The van der Waals surface area contributed by atoms with Crippen LogP contribution in [0.1, 0.15) is 75.4 Å². The molecule has 6 heteroatoms. The molecule has 2 unspecified atom stereocenters. The summed E-state index contributed by atoms with van der Waals surface area (Å²) in [5, 5.41) is 13.7. The van der Waals surface area contributed by atoms with Gasteiger partial charge < -0.3 is 15.2 Å². The number of phenols is 1. The highest BCUT2D eigenvalue weighted by Gasteiger charge is 2.27. The number of hydrogen-bond donors (Lipinski definition) is 2. The van der Waals surface area contributed by atoms with Crippen molar-refractivity contribution in [2.24, 2.45) is 5.92 Å². The fourth-order valence-corrected chi connectivity index (χ4v) is 3.69. The molecule has 0 bridgehead atoms. The number of nitrogens with one attached hydrogen (secondary N) is 1. The van der Waals surface area contributed by atoms with E-state index < -0.39 is 6.10 Å². The molecule has 0 spiro atoms. The van der Waals surface area contributed by atoms with E-state index in [4.69, 9.17) is 4.74 Å². The van der Waals surface area contributed by atoms with Crippen LogP contribution in [0, 0.1) is 5.92 Å². The second-order valence-corrected chi connectivity index (χ2v) is 8.69. The van der Waals surface area contributed by atoms with E-state index in [1.54, 1.807) is 18.3 Å². The van der Waals surface area contributed by atoms with Gasteiger partial charge in [0.25, 0.3) is 5.91 Å². The summed E-state index contributed by atoms with van der Waals surface area (Å²) in [5.74, 6) is -0.0474. The predicted octanol–water partition coefficient (Wildman–Crippen LogP) is 4.87. The Balaban J connectivity index is 2.05. The molecule has 0 saturated heterocycles. The molecule has 0 radical (unpaired) electrons. The molecule has 174 valence electrons. The van der Waals surface area contributed by atoms with Gasteiger partial charge in [0.15, 0.2) is 11.9 Å². The van der Waals surface area contributed by atoms with Crippen LogP contribution in [0.25, 0.3) is 0 Å². The molecule has 2 atom stereocenters. The summed E-state index contributed by atoms with van der Waals surface area (Å²) < 4.78 is 6.12. The quantitative estimate of drug-likeness (QED) is 0.460. The van der Waals surface area contributed by atoms with E-state index in [1.807, 2.05) is 40.0 Å². The van der Waals surface area contributed by atoms with Gasteiger partial charge in [0.1, 0.15) is 11.5 Å². The van der Waals surface area contributed by atoms with Crippen molar-refractivity contribution in [1.82, 2.24) is 10.3 Å². The summed E-state index contributed by atoms with van der Waals surface area (Å²) >= 11 is 0. The number of aromatic hydroxyl groups is 1. The second kappa shape index (κ2) is 12.2. The zero-order chi connectivity index (χ0) is 23.7. The predicted molar refractivity (Wildman–Crippen MR) is 126 cm³/mol. The van der Waals surface area contributed by atoms with Gasteiger partial charge >= 0.3 is 0 Å². The molecule has 0 aliphatic rings. The highest BCUT2D eigenvalue weighted by molar-refractivity contribution is 5.97. The molecule has 1 aromatic carbocycles. The number of rotatable bonds is 12. The number of carbonyl (C=O) groups excluding carboxylic acids is 2. The van der Waals surface area contributed by atoms with Crippen molar-refractivity contribution in [1.29, 1.82) is 0 Å². The maximum absolute atomic E-state index is 13.0. The lowest BCUT2D eigenvalue weighted by atomic mass is 10.0. The first-order valence-electron chi connectivity index (χ1n) is 11.5. The van der Waals surface area contributed by atoms with Crippen LogP contribution in [0.5, 0.6) is 11.5 Å². The van der Waals surface area contributed by atoms with Crippen LogP contribution in [0.15, 0.2) is 36.7 Å². The number of ketones is 1. The monoisotopic (exact) mass is 440 g/mol. The standard InChI is InChI=1S/C26H36N2O4/c1-6-9-22-23(14-13-21(19(5)29)24(22)30)32-25(17(2)3)26(31)28-18(4)10-7-11-20-12-8-15-27-16-20/h8,12-18,25,30H,6-7,9-11H2,1-5H3,(H,28,31). The Morgan fingerprint density at radius 2 is 1.91 bits per heavy atom. The van der Waals surface area contributed by atoms with Gasteiger partial charge in [-0.1, -0.05) is 33.3 Å². The largest absolute Gasteiger partial charge is 0.507 e. The highest BCUT2D eigenvalue weighted by atomic mass is 16.5. The summed E-state index contributed by atoms with van der Waals surface area (Å²) in [6.07, 6.45) is 6.97. The minimum Gasteiger partial charge on any atom is -0.507 e. The number of phenolic OH excluding ortho intramolecular Hbond substituents is 1. The number of aryl methyl sites for hydroxylation is 1. The Kier molecular flexibility index (Phi) is 9.69. The molecular formula is C26H36N2O4. The zero-order valence-electron chi connectivity index (χ0n) is 19.9. The number of carbonyl (C=O) groups is 2. The third-order valence-corrected chi connectivity index (χ3v) is 5.45. The Morgan fingerprint density at radius 1 is 1.16 bits per heavy atom. The van der Waals surface area contributed by atoms with E-state index in [1.165, 1.54) is 12.5 Å². The summed E-state index contributed by atoms with van der Waals surface area (Å²) in [6, 6.07) is 7.23. The second-order valence-electron chi connectivity index (χ2n) is 8.69. The summed E-state index contributed by atoms with van der Waals surface area (Å²) in [4.78, 5) is 28.9. The smallest absolute Gasteiger partial charge is 0.261 e. The number of Topliss-reactive ketones (excluding diaryl/α,β-unsaturated/α-hetero) is 1. The molecule has 0 aliphatic heterocycles. The van der Waals surface area contributed by atoms with Gasteiger partial charge in [-0.15, -0.1) is 0 Å². The number of ether oxygens (including phenoxy) is 1. The molecule has 0 aliphatic carbocycles. The molecule has 6 nitrogen and oxygen atoms in total. The van der Waals surface area contributed by atoms with Gasteiger partial charge in [-0.3, -0.25) is 14.6 Å². The van der Waals surface area contributed by atoms with Crippen molar-refractivity contribution in [3.05, 3.63) is 53.3 Å². The number of pyridine rings is 1. The molecule has 32 heavy (non-hydrogen) atoms. The molecule has 0 saturated carbocycles. The van der Waals surface area contributed by atoms with Gasteiger partial charge in [0, 0.05) is 24.0 Å². The SMILES string of the molecule is CCCc1c(OC(C(=O)NC(C)CCCc2cccnc2)C(C)C)ccc(C(C)=O)c1O. The summed E-state index contributed by atoms with van der Waals surface area (Å²) in [7, 11) is 0. The number of hydrogen-bond acceptors (Lipinski definition) is 5. The van der Waals surface area contributed by atoms with Crippen LogP contribution in [0.3, 0.4) is 0 Å². The van der Waals surface area contributed by atoms with Gasteiger partial charge in [0.05, 0.1) is 5.56 Å². The van der Waals surface area contributed by atoms with Crippen LogP contribution < -0.4 is 10.1 Å². The van der Waals surface area contributed by atoms with Gasteiger partial charge in [-0.25, -0.2) is 0 Å². The van der Waals surface area contributed by atoms with E-state index in [0.717, 1.165) is 25.7 Å². The van der Waals surface area contributed by atoms with E-state index in [-0.39, 0.29) is 35.0 Å². The molecular weight excluding hydrogens is 404 g/mol.